The largest absolute Gasteiger partial charge is 0.489 e. The fourth-order valence-corrected chi connectivity index (χ4v) is 2.34. The minimum Gasteiger partial charge on any atom is -0.489 e. The standard InChI is InChI=1S/C20H24N2O4/c1-2-12-21-18(20(24)25)13-19(23)22-16-8-10-17(11-9-16)26-14-15-6-4-3-5-7-15/h3-11,18,21H,2,12-14H2,1H3,(H,22,23)(H,24,25). The normalized spacial score (nSPS) is 11.6. The van der Waals surface area contributed by atoms with Crippen LogP contribution in [0.4, 0.5) is 5.69 Å². The van der Waals surface area contributed by atoms with Gasteiger partial charge in [0.15, 0.2) is 0 Å². The number of hydrogen-bond acceptors (Lipinski definition) is 4. The van der Waals surface area contributed by atoms with Crippen LogP contribution in [-0.2, 0) is 16.2 Å². The highest BCUT2D eigenvalue weighted by atomic mass is 16.5. The number of ether oxygens (including phenoxy) is 1. The molecule has 0 aromatic heterocycles. The molecule has 0 heterocycles. The molecule has 2 rings (SSSR count). The van der Waals surface area contributed by atoms with Crippen LogP contribution < -0.4 is 15.4 Å². The van der Waals surface area contributed by atoms with Gasteiger partial charge in [0.1, 0.15) is 18.4 Å². The van der Waals surface area contributed by atoms with Crippen molar-refractivity contribution >= 4 is 17.6 Å². The van der Waals surface area contributed by atoms with Crippen molar-refractivity contribution in [3.8, 4) is 5.75 Å². The molecule has 1 unspecified atom stereocenters. The van der Waals surface area contributed by atoms with E-state index >= 15 is 0 Å². The molecule has 0 fully saturated rings. The van der Waals surface area contributed by atoms with Gasteiger partial charge >= 0.3 is 5.97 Å². The van der Waals surface area contributed by atoms with Crippen molar-refractivity contribution in [2.45, 2.75) is 32.4 Å². The first-order valence-electron chi connectivity index (χ1n) is 8.61. The van der Waals surface area contributed by atoms with Crippen LogP contribution in [-0.4, -0.2) is 29.6 Å². The van der Waals surface area contributed by atoms with Crippen molar-refractivity contribution in [2.24, 2.45) is 0 Å². The molecule has 1 amide bonds. The molecular weight excluding hydrogens is 332 g/mol. The van der Waals surface area contributed by atoms with Crippen molar-refractivity contribution in [3.63, 3.8) is 0 Å². The van der Waals surface area contributed by atoms with Gasteiger partial charge in [0.05, 0.1) is 6.42 Å². The molecule has 6 heteroatoms. The van der Waals surface area contributed by atoms with Crippen LogP contribution >= 0.6 is 0 Å². The first-order chi connectivity index (χ1) is 12.6. The highest BCUT2D eigenvalue weighted by Gasteiger charge is 2.20. The van der Waals surface area contributed by atoms with E-state index in [1.807, 2.05) is 37.3 Å². The second-order valence-corrected chi connectivity index (χ2v) is 5.90. The monoisotopic (exact) mass is 356 g/mol. The van der Waals surface area contributed by atoms with Gasteiger partial charge in [0.25, 0.3) is 0 Å². The number of benzene rings is 2. The van der Waals surface area contributed by atoms with Crippen LogP contribution in [0.1, 0.15) is 25.3 Å². The van der Waals surface area contributed by atoms with Gasteiger partial charge in [-0.05, 0) is 42.8 Å². The summed E-state index contributed by atoms with van der Waals surface area (Å²) in [5.74, 6) is -0.683. The third-order valence-corrected chi connectivity index (χ3v) is 3.71. The van der Waals surface area contributed by atoms with E-state index in [0.29, 0.717) is 24.6 Å². The predicted molar refractivity (Wildman–Crippen MR) is 100 cm³/mol. The van der Waals surface area contributed by atoms with E-state index in [1.54, 1.807) is 24.3 Å². The average molecular weight is 356 g/mol. The molecule has 0 saturated heterocycles. The van der Waals surface area contributed by atoms with E-state index in [2.05, 4.69) is 10.6 Å². The number of nitrogens with one attached hydrogen (secondary N) is 2. The first kappa shape index (κ1) is 19.5. The highest BCUT2D eigenvalue weighted by Crippen LogP contribution is 2.17. The Balaban J connectivity index is 1.83. The van der Waals surface area contributed by atoms with Gasteiger partial charge in [0, 0.05) is 5.69 Å². The van der Waals surface area contributed by atoms with Crippen molar-refractivity contribution in [1.82, 2.24) is 5.32 Å². The molecule has 0 aliphatic carbocycles. The lowest BCUT2D eigenvalue weighted by Gasteiger charge is -2.14. The zero-order chi connectivity index (χ0) is 18.8. The second kappa shape index (κ2) is 10.2. The van der Waals surface area contributed by atoms with Crippen molar-refractivity contribution in [2.75, 3.05) is 11.9 Å². The Kier molecular flexibility index (Phi) is 7.64. The molecule has 0 aliphatic rings. The maximum Gasteiger partial charge on any atom is 0.321 e. The number of carboxylic acid groups (broad SMARTS) is 1. The van der Waals surface area contributed by atoms with Crippen molar-refractivity contribution in [3.05, 3.63) is 60.2 Å². The van der Waals surface area contributed by atoms with Crippen molar-refractivity contribution < 1.29 is 19.4 Å². The minimum atomic E-state index is -1.03. The average Bonchev–Trinajstić information content (AvgIpc) is 2.65. The highest BCUT2D eigenvalue weighted by molar-refractivity contribution is 5.94. The Morgan fingerprint density at radius 2 is 1.77 bits per heavy atom. The number of anilines is 1. The molecule has 138 valence electrons. The van der Waals surface area contributed by atoms with E-state index in [9.17, 15) is 9.59 Å². The Morgan fingerprint density at radius 1 is 1.08 bits per heavy atom. The molecule has 2 aromatic carbocycles. The van der Waals surface area contributed by atoms with Gasteiger partial charge in [-0.15, -0.1) is 0 Å². The summed E-state index contributed by atoms with van der Waals surface area (Å²) >= 11 is 0. The first-order valence-corrected chi connectivity index (χ1v) is 8.61. The van der Waals surface area contributed by atoms with Gasteiger partial charge in [-0.3, -0.25) is 9.59 Å². The fourth-order valence-electron chi connectivity index (χ4n) is 2.34. The summed E-state index contributed by atoms with van der Waals surface area (Å²) < 4.78 is 5.69. The molecule has 3 N–H and O–H groups in total. The maximum atomic E-state index is 12.0. The summed E-state index contributed by atoms with van der Waals surface area (Å²) in [6.45, 7) is 2.96. The molecule has 0 bridgehead atoms. The van der Waals surface area contributed by atoms with Gasteiger partial charge < -0.3 is 20.5 Å². The van der Waals surface area contributed by atoms with E-state index in [-0.39, 0.29) is 12.3 Å². The molecular formula is C20H24N2O4. The third-order valence-electron chi connectivity index (χ3n) is 3.71. The summed E-state index contributed by atoms with van der Waals surface area (Å²) in [4.78, 5) is 23.2. The number of carbonyl (C=O) groups excluding carboxylic acids is 1. The van der Waals surface area contributed by atoms with E-state index < -0.39 is 12.0 Å². The number of carbonyl (C=O) groups is 2. The molecule has 0 spiro atoms. The van der Waals surface area contributed by atoms with Crippen LogP contribution in [0.15, 0.2) is 54.6 Å². The number of aliphatic carboxylic acids is 1. The molecule has 0 aliphatic heterocycles. The molecule has 0 radical (unpaired) electrons. The summed E-state index contributed by atoms with van der Waals surface area (Å²) in [6.07, 6.45) is 0.678. The number of rotatable bonds is 10. The van der Waals surface area contributed by atoms with Gasteiger partial charge in [-0.25, -0.2) is 0 Å². The smallest absolute Gasteiger partial charge is 0.321 e. The SMILES string of the molecule is CCCNC(CC(=O)Nc1ccc(OCc2ccccc2)cc1)C(=O)O. The molecule has 26 heavy (non-hydrogen) atoms. The lowest BCUT2D eigenvalue weighted by Crippen LogP contribution is -2.40. The Labute approximate surface area is 153 Å². The van der Waals surface area contributed by atoms with E-state index in [0.717, 1.165) is 12.0 Å². The third kappa shape index (κ3) is 6.57. The Bertz CT molecular complexity index is 702. The summed E-state index contributed by atoms with van der Waals surface area (Å²) in [5, 5.41) is 14.7. The van der Waals surface area contributed by atoms with E-state index in [4.69, 9.17) is 9.84 Å². The number of amides is 1. The topological polar surface area (TPSA) is 87.7 Å². The van der Waals surface area contributed by atoms with Crippen LogP contribution in [0.5, 0.6) is 5.75 Å². The number of carboxylic acids is 1. The van der Waals surface area contributed by atoms with Crippen molar-refractivity contribution in [1.29, 1.82) is 0 Å². The molecule has 0 saturated carbocycles. The zero-order valence-corrected chi connectivity index (χ0v) is 14.8. The van der Waals surface area contributed by atoms with Crippen LogP contribution in [0, 0.1) is 0 Å². The van der Waals surface area contributed by atoms with Gasteiger partial charge in [-0.2, -0.15) is 0 Å². The lowest BCUT2D eigenvalue weighted by molar-refractivity contribution is -0.141. The fraction of sp³-hybridized carbons (Fsp3) is 0.300. The molecule has 2 aromatic rings. The molecule has 1 atom stereocenters. The quantitative estimate of drug-likeness (QED) is 0.609. The van der Waals surface area contributed by atoms with Crippen LogP contribution in [0.2, 0.25) is 0 Å². The summed E-state index contributed by atoms with van der Waals surface area (Å²) in [5.41, 5.74) is 1.67. The van der Waals surface area contributed by atoms with E-state index in [1.165, 1.54) is 0 Å². The second-order valence-electron chi connectivity index (χ2n) is 5.90. The summed E-state index contributed by atoms with van der Waals surface area (Å²) in [7, 11) is 0. The van der Waals surface area contributed by atoms with Crippen LogP contribution in [0.3, 0.4) is 0 Å². The molecule has 6 nitrogen and oxygen atoms in total. The maximum absolute atomic E-state index is 12.0. The Hall–Kier alpha value is -2.86. The van der Waals surface area contributed by atoms with Gasteiger partial charge in [0.2, 0.25) is 5.91 Å². The number of hydrogen-bond donors (Lipinski definition) is 3. The predicted octanol–water partition coefficient (Wildman–Crippen LogP) is 3.05. The lowest BCUT2D eigenvalue weighted by atomic mass is 10.2. The zero-order valence-electron chi connectivity index (χ0n) is 14.8. The minimum absolute atomic E-state index is 0.123. The Morgan fingerprint density at radius 3 is 2.38 bits per heavy atom. The summed E-state index contributed by atoms with van der Waals surface area (Å²) in [6, 6.07) is 15.9. The van der Waals surface area contributed by atoms with Gasteiger partial charge in [-0.1, -0.05) is 37.3 Å². The van der Waals surface area contributed by atoms with Crippen LogP contribution in [0.25, 0.3) is 0 Å².